The van der Waals surface area contributed by atoms with Crippen LogP contribution in [-0.4, -0.2) is 40.6 Å². The summed E-state index contributed by atoms with van der Waals surface area (Å²) >= 11 is 0. The number of rotatable bonds is 6. The second kappa shape index (κ2) is 6.71. The minimum absolute atomic E-state index is 0.0920. The van der Waals surface area contributed by atoms with Crippen LogP contribution >= 0.6 is 0 Å². The predicted molar refractivity (Wildman–Crippen MR) is 72.8 cm³/mol. The SMILES string of the molecule is CNCCO[SiH](NC(C)(C)C)NC(C)(C)C. The van der Waals surface area contributed by atoms with Crippen LogP contribution in [0.2, 0.25) is 0 Å². The highest BCUT2D eigenvalue weighted by atomic mass is 28.3. The number of likely N-dealkylation sites (N-methyl/N-ethyl adjacent to an activating group) is 1. The molecule has 0 aliphatic carbocycles. The van der Waals surface area contributed by atoms with E-state index in [0.717, 1.165) is 13.2 Å². The van der Waals surface area contributed by atoms with Crippen molar-refractivity contribution in [3.63, 3.8) is 0 Å². The molecule has 0 bridgehead atoms. The smallest absolute Gasteiger partial charge is 0.335 e. The average molecular weight is 247 g/mol. The topological polar surface area (TPSA) is 45.3 Å². The van der Waals surface area contributed by atoms with Gasteiger partial charge in [-0.3, -0.25) is 0 Å². The summed E-state index contributed by atoms with van der Waals surface area (Å²) < 4.78 is 5.89. The van der Waals surface area contributed by atoms with E-state index in [1.165, 1.54) is 0 Å². The molecule has 98 valence electrons. The molecule has 0 aromatic heterocycles. The Bertz CT molecular complexity index is 171. The molecule has 0 radical (unpaired) electrons. The summed E-state index contributed by atoms with van der Waals surface area (Å²) in [7, 11) is 0.383. The van der Waals surface area contributed by atoms with E-state index in [9.17, 15) is 0 Å². The highest BCUT2D eigenvalue weighted by Gasteiger charge is 2.24. The fraction of sp³-hybridized carbons (Fsp3) is 1.00. The minimum Gasteiger partial charge on any atom is -0.393 e. The van der Waals surface area contributed by atoms with Crippen LogP contribution in [0.1, 0.15) is 41.5 Å². The summed E-state index contributed by atoms with van der Waals surface area (Å²) in [6, 6.07) is 0. The van der Waals surface area contributed by atoms with E-state index < -0.39 is 9.36 Å². The molecule has 0 aromatic carbocycles. The quantitative estimate of drug-likeness (QED) is 0.478. The van der Waals surface area contributed by atoms with Crippen molar-refractivity contribution in [1.82, 2.24) is 15.3 Å². The maximum atomic E-state index is 5.89. The standard InChI is InChI=1S/C11H29N3OSi/c1-10(2,3)13-16(14-11(4,5)6)15-9-8-12-7/h12-14,16H,8-9H2,1-7H3. The normalized spacial score (nSPS) is 13.5. The van der Waals surface area contributed by atoms with Gasteiger partial charge in [0.2, 0.25) is 0 Å². The molecule has 16 heavy (non-hydrogen) atoms. The predicted octanol–water partition coefficient (Wildman–Crippen LogP) is 0.716. The van der Waals surface area contributed by atoms with E-state index in [1.807, 2.05) is 7.05 Å². The van der Waals surface area contributed by atoms with Crippen molar-refractivity contribution in [1.29, 1.82) is 0 Å². The van der Waals surface area contributed by atoms with Crippen molar-refractivity contribution in [2.75, 3.05) is 20.2 Å². The zero-order valence-electron chi connectivity index (χ0n) is 11.9. The summed E-state index contributed by atoms with van der Waals surface area (Å²) in [4.78, 5) is 7.10. The molecule has 0 unspecified atom stereocenters. The lowest BCUT2D eigenvalue weighted by atomic mass is 10.1. The van der Waals surface area contributed by atoms with Gasteiger partial charge in [0.1, 0.15) is 0 Å². The zero-order chi connectivity index (χ0) is 12.8. The maximum absolute atomic E-state index is 5.89. The summed E-state index contributed by atoms with van der Waals surface area (Å²) in [5.74, 6) is 0. The minimum atomic E-state index is -1.56. The number of nitrogens with one attached hydrogen (secondary N) is 3. The Morgan fingerprint density at radius 2 is 1.38 bits per heavy atom. The fourth-order valence-corrected chi connectivity index (χ4v) is 3.35. The molecule has 0 amide bonds. The summed E-state index contributed by atoms with van der Waals surface area (Å²) in [6.45, 7) is 14.6. The third-order valence-corrected chi connectivity index (χ3v) is 4.59. The Kier molecular flexibility index (Phi) is 6.73. The second-order valence-electron chi connectivity index (χ2n) is 6.14. The van der Waals surface area contributed by atoms with E-state index in [0.29, 0.717) is 0 Å². The van der Waals surface area contributed by atoms with Crippen molar-refractivity contribution >= 4 is 9.36 Å². The maximum Gasteiger partial charge on any atom is 0.335 e. The van der Waals surface area contributed by atoms with E-state index in [1.54, 1.807) is 0 Å². The first-order valence-corrected chi connectivity index (χ1v) is 7.58. The molecule has 5 heteroatoms. The Balaban J connectivity index is 4.17. The van der Waals surface area contributed by atoms with Gasteiger partial charge in [-0.05, 0) is 48.6 Å². The first-order chi connectivity index (χ1) is 7.14. The van der Waals surface area contributed by atoms with Crippen LogP contribution in [0.25, 0.3) is 0 Å². The molecule has 4 nitrogen and oxygen atoms in total. The van der Waals surface area contributed by atoms with E-state index in [-0.39, 0.29) is 11.1 Å². The van der Waals surface area contributed by atoms with Gasteiger partial charge in [-0.2, -0.15) is 0 Å². The Hall–Kier alpha value is 0.0569. The lowest BCUT2D eigenvalue weighted by Gasteiger charge is -2.32. The molecule has 0 aromatic rings. The highest BCUT2D eigenvalue weighted by molar-refractivity contribution is 6.46. The van der Waals surface area contributed by atoms with Gasteiger partial charge in [0.25, 0.3) is 0 Å². The van der Waals surface area contributed by atoms with Crippen molar-refractivity contribution < 1.29 is 4.43 Å². The molecule has 0 rings (SSSR count). The third-order valence-electron chi connectivity index (χ3n) is 1.76. The Labute approximate surface area is 102 Å². The van der Waals surface area contributed by atoms with Crippen LogP contribution in [0.15, 0.2) is 0 Å². The van der Waals surface area contributed by atoms with Crippen molar-refractivity contribution in [3.8, 4) is 0 Å². The van der Waals surface area contributed by atoms with Gasteiger partial charge in [0.05, 0.1) is 0 Å². The van der Waals surface area contributed by atoms with Crippen molar-refractivity contribution in [2.24, 2.45) is 0 Å². The van der Waals surface area contributed by atoms with Gasteiger partial charge < -0.3 is 19.7 Å². The molecular weight excluding hydrogens is 218 g/mol. The number of hydrogen-bond acceptors (Lipinski definition) is 4. The van der Waals surface area contributed by atoms with Crippen LogP contribution in [0.5, 0.6) is 0 Å². The Morgan fingerprint density at radius 1 is 0.938 bits per heavy atom. The molecule has 0 saturated heterocycles. The van der Waals surface area contributed by atoms with Crippen molar-refractivity contribution in [2.45, 2.75) is 52.6 Å². The lowest BCUT2D eigenvalue weighted by molar-refractivity contribution is 0.278. The molecule has 0 aliphatic rings. The summed E-state index contributed by atoms with van der Waals surface area (Å²) in [5, 5.41) is 3.09. The van der Waals surface area contributed by atoms with E-state index >= 15 is 0 Å². The highest BCUT2D eigenvalue weighted by Crippen LogP contribution is 2.03. The Morgan fingerprint density at radius 3 is 1.69 bits per heavy atom. The first-order valence-electron chi connectivity index (χ1n) is 5.96. The van der Waals surface area contributed by atoms with E-state index in [4.69, 9.17) is 4.43 Å². The van der Waals surface area contributed by atoms with Gasteiger partial charge in [0.15, 0.2) is 0 Å². The molecule has 0 spiro atoms. The summed E-state index contributed by atoms with van der Waals surface area (Å²) in [5.41, 5.74) is 0.184. The monoisotopic (exact) mass is 247 g/mol. The molecule has 0 saturated carbocycles. The third kappa shape index (κ3) is 10.6. The zero-order valence-corrected chi connectivity index (χ0v) is 13.1. The van der Waals surface area contributed by atoms with Crippen LogP contribution in [0, 0.1) is 0 Å². The van der Waals surface area contributed by atoms with Crippen LogP contribution in [0.3, 0.4) is 0 Å². The summed E-state index contributed by atoms with van der Waals surface area (Å²) in [6.07, 6.45) is 0. The molecule has 0 aliphatic heterocycles. The number of hydrogen-bond donors (Lipinski definition) is 3. The van der Waals surface area contributed by atoms with Gasteiger partial charge in [-0.1, -0.05) is 0 Å². The van der Waals surface area contributed by atoms with Gasteiger partial charge in [0, 0.05) is 24.2 Å². The van der Waals surface area contributed by atoms with Gasteiger partial charge >= 0.3 is 9.36 Å². The average Bonchev–Trinajstić information content (AvgIpc) is 1.97. The second-order valence-corrected chi connectivity index (χ2v) is 7.81. The molecule has 0 fully saturated rings. The van der Waals surface area contributed by atoms with E-state index in [2.05, 4.69) is 56.8 Å². The lowest BCUT2D eigenvalue weighted by Crippen LogP contribution is -2.61. The van der Waals surface area contributed by atoms with Crippen LogP contribution < -0.4 is 15.3 Å². The largest absolute Gasteiger partial charge is 0.393 e. The molecule has 3 N–H and O–H groups in total. The molecule has 0 atom stereocenters. The molecular formula is C11H29N3OSi. The van der Waals surface area contributed by atoms with Gasteiger partial charge in [-0.15, -0.1) is 0 Å². The van der Waals surface area contributed by atoms with Crippen LogP contribution in [0.4, 0.5) is 0 Å². The van der Waals surface area contributed by atoms with Gasteiger partial charge in [-0.25, -0.2) is 0 Å². The fourth-order valence-electron chi connectivity index (χ4n) is 1.18. The first kappa shape index (κ1) is 16.1. The molecule has 0 heterocycles. The van der Waals surface area contributed by atoms with Crippen LogP contribution in [-0.2, 0) is 4.43 Å². The van der Waals surface area contributed by atoms with Crippen molar-refractivity contribution in [3.05, 3.63) is 0 Å².